The summed E-state index contributed by atoms with van der Waals surface area (Å²) >= 11 is 0. The molecule has 3 nitrogen and oxygen atoms in total. The van der Waals surface area contributed by atoms with Crippen molar-refractivity contribution in [2.75, 3.05) is 26.4 Å². The van der Waals surface area contributed by atoms with E-state index in [1.54, 1.807) is 0 Å². The highest BCUT2D eigenvalue weighted by atomic mass is 16.5. The van der Waals surface area contributed by atoms with Crippen LogP contribution in [0.5, 0.6) is 0 Å². The maximum absolute atomic E-state index is 5.76. The molecule has 0 bridgehead atoms. The number of nitrogens with one attached hydrogen (secondary N) is 1. The van der Waals surface area contributed by atoms with Crippen molar-refractivity contribution in [2.24, 2.45) is 5.41 Å². The van der Waals surface area contributed by atoms with E-state index in [1.807, 2.05) is 0 Å². The average molecular weight is 255 g/mol. The predicted octanol–water partition coefficient (Wildman–Crippen LogP) is 2.74. The first kappa shape index (κ1) is 14.3. The fraction of sp³-hybridized carbons (Fsp3) is 1.00. The molecule has 0 spiro atoms. The standard InChI is InChI=1S/C15H29NO2/c1-13(2)16-12-15(7-10-17-11-8-15)6-5-14-4-3-9-18-14/h13-14,16H,3-12H2,1-2H3. The van der Waals surface area contributed by atoms with Gasteiger partial charge >= 0.3 is 0 Å². The van der Waals surface area contributed by atoms with E-state index in [-0.39, 0.29) is 0 Å². The van der Waals surface area contributed by atoms with Gasteiger partial charge in [0.15, 0.2) is 0 Å². The van der Waals surface area contributed by atoms with Crippen molar-refractivity contribution in [3.63, 3.8) is 0 Å². The molecule has 18 heavy (non-hydrogen) atoms. The second-order valence-electron chi connectivity index (χ2n) is 6.32. The van der Waals surface area contributed by atoms with Crippen molar-refractivity contribution >= 4 is 0 Å². The average Bonchev–Trinajstić information content (AvgIpc) is 2.89. The van der Waals surface area contributed by atoms with Gasteiger partial charge in [-0.25, -0.2) is 0 Å². The number of hydrogen-bond donors (Lipinski definition) is 1. The van der Waals surface area contributed by atoms with Gasteiger partial charge in [0, 0.05) is 32.4 Å². The van der Waals surface area contributed by atoms with Gasteiger partial charge < -0.3 is 14.8 Å². The Balaban J connectivity index is 1.82. The summed E-state index contributed by atoms with van der Waals surface area (Å²) in [6.45, 7) is 8.45. The SMILES string of the molecule is CC(C)NCC1(CCC2CCCO2)CCOCC1. The molecule has 2 aliphatic heterocycles. The predicted molar refractivity (Wildman–Crippen MR) is 73.8 cm³/mol. The molecular formula is C15H29NO2. The number of rotatable bonds is 6. The highest BCUT2D eigenvalue weighted by molar-refractivity contribution is 4.86. The monoisotopic (exact) mass is 255 g/mol. The lowest BCUT2D eigenvalue weighted by Crippen LogP contribution is -2.41. The molecule has 2 heterocycles. The van der Waals surface area contributed by atoms with Gasteiger partial charge in [-0.1, -0.05) is 13.8 Å². The summed E-state index contributed by atoms with van der Waals surface area (Å²) < 4.78 is 11.3. The molecule has 0 aromatic rings. The smallest absolute Gasteiger partial charge is 0.0576 e. The summed E-state index contributed by atoms with van der Waals surface area (Å²) in [6.07, 6.45) is 8.00. The Bertz CT molecular complexity index is 231. The van der Waals surface area contributed by atoms with Crippen LogP contribution in [0.25, 0.3) is 0 Å². The molecule has 106 valence electrons. The van der Waals surface area contributed by atoms with Crippen LogP contribution in [0.3, 0.4) is 0 Å². The zero-order chi connectivity index (χ0) is 12.8. The summed E-state index contributed by atoms with van der Waals surface area (Å²) in [6, 6.07) is 0.576. The summed E-state index contributed by atoms with van der Waals surface area (Å²) in [4.78, 5) is 0. The normalized spacial score (nSPS) is 27.8. The molecule has 2 saturated heterocycles. The Morgan fingerprint density at radius 3 is 2.61 bits per heavy atom. The van der Waals surface area contributed by atoms with E-state index < -0.39 is 0 Å². The minimum Gasteiger partial charge on any atom is -0.381 e. The Hall–Kier alpha value is -0.120. The van der Waals surface area contributed by atoms with Gasteiger partial charge in [-0.15, -0.1) is 0 Å². The summed E-state index contributed by atoms with van der Waals surface area (Å²) in [5, 5.41) is 3.64. The van der Waals surface area contributed by atoms with Crippen LogP contribution in [-0.4, -0.2) is 38.5 Å². The van der Waals surface area contributed by atoms with Crippen molar-refractivity contribution in [3.8, 4) is 0 Å². The molecule has 0 aromatic carbocycles. The molecule has 0 aliphatic carbocycles. The molecule has 2 fully saturated rings. The molecule has 1 unspecified atom stereocenters. The highest BCUT2D eigenvalue weighted by Gasteiger charge is 2.33. The Kier molecular flexibility index (Phi) is 5.46. The van der Waals surface area contributed by atoms with Crippen molar-refractivity contribution in [3.05, 3.63) is 0 Å². The molecule has 0 aromatic heterocycles. The van der Waals surface area contributed by atoms with Gasteiger partial charge in [0.25, 0.3) is 0 Å². The van der Waals surface area contributed by atoms with Crippen molar-refractivity contribution in [1.29, 1.82) is 0 Å². The van der Waals surface area contributed by atoms with Crippen LogP contribution in [0.4, 0.5) is 0 Å². The summed E-state index contributed by atoms with van der Waals surface area (Å²) in [5.41, 5.74) is 0.453. The number of hydrogen-bond acceptors (Lipinski definition) is 3. The van der Waals surface area contributed by atoms with Crippen LogP contribution in [0.15, 0.2) is 0 Å². The fourth-order valence-electron chi connectivity index (χ4n) is 3.08. The molecule has 3 heteroatoms. The van der Waals surface area contributed by atoms with Crippen molar-refractivity contribution < 1.29 is 9.47 Å². The van der Waals surface area contributed by atoms with E-state index in [1.165, 1.54) is 38.5 Å². The van der Waals surface area contributed by atoms with Crippen LogP contribution in [0.1, 0.15) is 52.4 Å². The second-order valence-corrected chi connectivity index (χ2v) is 6.32. The third-order valence-electron chi connectivity index (χ3n) is 4.46. The summed E-state index contributed by atoms with van der Waals surface area (Å²) in [5.74, 6) is 0. The second kappa shape index (κ2) is 6.88. The molecule has 0 amide bonds. The first-order chi connectivity index (χ1) is 8.70. The van der Waals surface area contributed by atoms with Crippen molar-refractivity contribution in [1.82, 2.24) is 5.32 Å². The molecule has 1 N–H and O–H groups in total. The van der Waals surface area contributed by atoms with E-state index in [4.69, 9.17) is 9.47 Å². The van der Waals surface area contributed by atoms with E-state index in [2.05, 4.69) is 19.2 Å². The molecular weight excluding hydrogens is 226 g/mol. The zero-order valence-electron chi connectivity index (χ0n) is 12.0. The Morgan fingerprint density at radius 2 is 2.00 bits per heavy atom. The van der Waals surface area contributed by atoms with Crippen LogP contribution in [0.2, 0.25) is 0 Å². The Morgan fingerprint density at radius 1 is 1.22 bits per heavy atom. The van der Waals surface area contributed by atoms with Gasteiger partial charge in [0.1, 0.15) is 0 Å². The molecule has 2 aliphatic rings. The van der Waals surface area contributed by atoms with E-state index >= 15 is 0 Å². The lowest BCUT2D eigenvalue weighted by Gasteiger charge is -2.38. The highest BCUT2D eigenvalue weighted by Crippen LogP contribution is 2.36. The third kappa shape index (κ3) is 4.22. The van der Waals surface area contributed by atoms with Gasteiger partial charge in [-0.2, -0.15) is 0 Å². The minimum absolute atomic E-state index is 0.453. The van der Waals surface area contributed by atoms with E-state index in [0.29, 0.717) is 17.6 Å². The van der Waals surface area contributed by atoms with E-state index in [9.17, 15) is 0 Å². The maximum atomic E-state index is 5.76. The zero-order valence-corrected chi connectivity index (χ0v) is 12.0. The van der Waals surface area contributed by atoms with Gasteiger partial charge in [-0.05, 0) is 43.9 Å². The quantitative estimate of drug-likeness (QED) is 0.791. The molecule has 0 saturated carbocycles. The molecule has 2 rings (SSSR count). The number of ether oxygens (including phenoxy) is 2. The first-order valence-corrected chi connectivity index (χ1v) is 7.63. The largest absolute Gasteiger partial charge is 0.381 e. The van der Waals surface area contributed by atoms with Crippen LogP contribution in [-0.2, 0) is 9.47 Å². The maximum Gasteiger partial charge on any atom is 0.0576 e. The topological polar surface area (TPSA) is 30.5 Å². The minimum atomic E-state index is 0.453. The van der Waals surface area contributed by atoms with Crippen molar-refractivity contribution in [2.45, 2.75) is 64.5 Å². The lowest BCUT2D eigenvalue weighted by atomic mass is 9.75. The third-order valence-corrected chi connectivity index (χ3v) is 4.46. The van der Waals surface area contributed by atoms with Crippen LogP contribution < -0.4 is 5.32 Å². The molecule has 0 radical (unpaired) electrons. The van der Waals surface area contributed by atoms with Crippen LogP contribution >= 0.6 is 0 Å². The van der Waals surface area contributed by atoms with Crippen LogP contribution in [0, 0.1) is 5.41 Å². The first-order valence-electron chi connectivity index (χ1n) is 7.63. The lowest BCUT2D eigenvalue weighted by molar-refractivity contribution is -0.000473. The Labute approximate surface area is 112 Å². The van der Waals surface area contributed by atoms with Gasteiger partial charge in [-0.3, -0.25) is 0 Å². The van der Waals surface area contributed by atoms with Gasteiger partial charge in [0.2, 0.25) is 0 Å². The van der Waals surface area contributed by atoms with E-state index in [0.717, 1.165) is 26.4 Å². The molecule has 1 atom stereocenters. The van der Waals surface area contributed by atoms with Gasteiger partial charge in [0.05, 0.1) is 6.10 Å². The fourth-order valence-corrected chi connectivity index (χ4v) is 3.08. The summed E-state index contributed by atoms with van der Waals surface area (Å²) in [7, 11) is 0.